The number of hydrogen-bond donors (Lipinski definition) is 2. The van der Waals surface area contributed by atoms with Gasteiger partial charge in [-0.3, -0.25) is 4.99 Å². The summed E-state index contributed by atoms with van der Waals surface area (Å²) in [5.41, 5.74) is 6.65. The van der Waals surface area contributed by atoms with E-state index in [4.69, 9.17) is 20.5 Å². The van der Waals surface area contributed by atoms with Crippen molar-refractivity contribution in [3.63, 3.8) is 0 Å². The Bertz CT molecular complexity index is 784. The van der Waals surface area contributed by atoms with Crippen LogP contribution in [0.15, 0.2) is 29.5 Å². The molecule has 0 bridgehead atoms. The molecule has 0 saturated heterocycles. The molecule has 3 rings (SSSR count). The van der Waals surface area contributed by atoms with Crippen LogP contribution in [0.25, 0.3) is 0 Å². The van der Waals surface area contributed by atoms with Crippen LogP contribution in [0.5, 0.6) is 11.5 Å². The van der Waals surface area contributed by atoms with Crippen molar-refractivity contribution in [3.8, 4) is 17.6 Å². The van der Waals surface area contributed by atoms with E-state index in [1.165, 1.54) is 6.33 Å². The molecular formula is C15H18IN7O2. The van der Waals surface area contributed by atoms with E-state index in [1.807, 2.05) is 24.3 Å². The van der Waals surface area contributed by atoms with Crippen molar-refractivity contribution in [1.29, 1.82) is 5.26 Å². The zero-order valence-electron chi connectivity index (χ0n) is 13.4. The first-order valence-corrected chi connectivity index (χ1v) is 7.51. The average Bonchev–Trinajstić information content (AvgIpc) is 2.91. The van der Waals surface area contributed by atoms with Gasteiger partial charge in [-0.25, -0.2) is 9.67 Å². The SMILES string of the molecule is I.N#Cc1ncn(CCN=C(N)Nc2ccc3c(c2)OCCCO3)n1. The van der Waals surface area contributed by atoms with E-state index in [-0.39, 0.29) is 35.8 Å². The minimum absolute atomic E-state index is 0. The summed E-state index contributed by atoms with van der Waals surface area (Å²) >= 11 is 0. The van der Waals surface area contributed by atoms with Crippen LogP contribution in [0, 0.1) is 11.3 Å². The second kappa shape index (κ2) is 9.07. The summed E-state index contributed by atoms with van der Waals surface area (Å²) in [6.07, 6.45) is 2.35. The summed E-state index contributed by atoms with van der Waals surface area (Å²) in [6.45, 7) is 2.18. The van der Waals surface area contributed by atoms with Crippen LogP contribution in [-0.2, 0) is 6.54 Å². The third-order valence-corrected chi connectivity index (χ3v) is 3.27. The number of aromatic nitrogens is 3. The maximum atomic E-state index is 8.67. The molecule has 3 N–H and O–H groups in total. The Morgan fingerprint density at radius 3 is 2.92 bits per heavy atom. The van der Waals surface area contributed by atoms with E-state index in [2.05, 4.69) is 20.4 Å². The van der Waals surface area contributed by atoms with Crippen LogP contribution in [0.2, 0.25) is 0 Å². The Hall–Kier alpha value is -2.55. The van der Waals surface area contributed by atoms with Gasteiger partial charge >= 0.3 is 0 Å². The van der Waals surface area contributed by atoms with E-state index in [0.717, 1.165) is 17.9 Å². The molecule has 0 spiro atoms. The number of aliphatic imine (C=N–C) groups is 1. The number of halogens is 1. The highest BCUT2D eigenvalue weighted by molar-refractivity contribution is 14.0. The quantitative estimate of drug-likeness (QED) is 0.405. The summed E-state index contributed by atoms with van der Waals surface area (Å²) in [4.78, 5) is 8.04. The Morgan fingerprint density at radius 2 is 2.16 bits per heavy atom. The Balaban J connectivity index is 0.00000225. The number of nitrogens with two attached hydrogens (primary N) is 1. The molecule has 2 aromatic rings. The van der Waals surface area contributed by atoms with Crippen LogP contribution in [0.3, 0.4) is 0 Å². The number of guanidine groups is 1. The first-order valence-electron chi connectivity index (χ1n) is 7.51. The van der Waals surface area contributed by atoms with Gasteiger partial charge in [0.05, 0.1) is 26.3 Å². The molecule has 132 valence electrons. The van der Waals surface area contributed by atoms with Gasteiger partial charge in [-0.2, -0.15) is 5.26 Å². The number of rotatable bonds is 4. The number of benzene rings is 1. The zero-order valence-corrected chi connectivity index (χ0v) is 15.7. The van der Waals surface area contributed by atoms with Crippen LogP contribution < -0.4 is 20.5 Å². The number of anilines is 1. The van der Waals surface area contributed by atoms with E-state index in [1.54, 1.807) is 4.68 Å². The predicted molar refractivity (Wildman–Crippen MR) is 102 cm³/mol. The third-order valence-electron chi connectivity index (χ3n) is 3.27. The fourth-order valence-electron chi connectivity index (χ4n) is 2.15. The maximum Gasteiger partial charge on any atom is 0.252 e. The van der Waals surface area contributed by atoms with Crippen molar-refractivity contribution in [2.75, 3.05) is 25.1 Å². The van der Waals surface area contributed by atoms with E-state index in [0.29, 0.717) is 32.1 Å². The molecule has 0 atom stereocenters. The number of nitrogens with zero attached hydrogens (tertiary/aromatic N) is 5. The largest absolute Gasteiger partial charge is 0.490 e. The lowest BCUT2D eigenvalue weighted by Gasteiger charge is -2.10. The topological polar surface area (TPSA) is 123 Å². The van der Waals surface area contributed by atoms with E-state index >= 15 is 0 Å². The van der Waals surface area contributed by atoms with Gasteiger partial charge in [-0.1, -0.05) is 0 Å². The van der Waals surface area contributed by atoms with Gasteiger partial charge in [0.15, 0.2) is 17.5 Å². The summed E-state index contributed by atoms with van der Waals surface area (Å²) in [5, 5.41) is 15.6. The molecule has 0 amide bonds. The molecule has 0 aliphatic carbocycles. The second-order valence-electron chi connectivity index (χ2n) is 5.05. The minimum atomic E-state index is 0. The van der Waals surface area contributed by atoms with Crippen molar-refractivity contribution in [3.05, 3.63) is 30.4 Å². The Kier molecular flexibility index (Phi) is 6.81. The molecule has 10 heteroatoms. The molecule has 0 unspecified atom stereocenters. The number of fused-ring (bicyclic) bond motifs is 1. The van der Waals surface area contributed by atoms with Gasteiger partial charge in [0.25, 0.3) is 5.82 Å². The highest BCUT2D eigenvalue weighted by Gasteiger charge is 2.10. The monoisotopic (exact) mass is 455 g/mol. The molecule has 25 heavy (non-hydrogen) atoms. The average molecular weight is 455 g/mol. The van der Waals surface area contributed by atoms with Crippen molar-refractivity contribution < 1.29 is 9.47 Å². The fraction of sp³-hybridized carbons (Fsp3) is 0.333. The number of hydrogen-bond acceptors (Lipinski definition) is 6. The molecule has 0 fully saturated rings. The van der Waals surface area contributed by atoms with Gasteiger partial charge in [0, 0.05) is 18.2 Å². The lowest BCUT2D eigenvalue weighted by molar-refractivity contribution is 0.297. The zero-order chi connectivity index (χ0) is 16.8. The molecule has 2 heterocycles. The Labute approximate surface area is 161 Å². The van der Waals surface area contributed by atoms with Gasteiger partial charge in [0.1, 0.15) is 12.4 Å². The van der Waals surface area contributed by atoms with Gasteiger partial charge < -0.3 is 20.5 Å². The molecule has 9 nitrogen and oxygen atoms in total. The number of nitrogens with one attached hydrogen (secondary N) is 1. The molecule has 0 saturated carbocycles. The van der Waals surface area contributed by atoms with Crippen LogP contribution in [0.1, 0.15) is 12.2 Å². The normalized spacial score (nSPS) is 13.3. The molecule has 1 aromatic heterocycles. The third kappa shape index (κ3) is 5.21. The van der Waals surface area contributed by atoms with Crippen LogP contribution >= 0.6 is 24.0 Å². The van der Waals surface area contributed by atoms with Crippen molar-refractivity contribution in [1.82, 2.24) is 14.8 Å². The van der Waals surface area contributed by atoms with Crippen LogP contribution in [-0.4, -0.2) is 40.5 Å². The molecule has 1 aliphatic heterocycles. The highest BCUT2D eigenvalue weighted by Crippen LogP contribution is 2.32. The van der Waals surface area contributed by atoms with Crippen LogP contribution in [0.4, 0.5) is 5.69 Å². The Morgan fingerprint density at radius 1 is 1.36 bits per heavy atom. The lowest BCUT2D eigenvalue weighted by atomic mass is 10.3. The molecule has 0 radical (unpaired) electrons. The molecule has 1 aliphatic rings. The van der Waals surface area contributed by atoms with Crippen molar-refractivity contribution in [2.24, 2.45) is 10.7 Å². The molecular weight excluding hydrogens is 437 g/mol. The van der Waals surface area contributed by atoms with Gasteiger partial charge in [0.2, 0.25) is 0 Å². The summed E-state index contributed by atoms with van der Waals surface area (Å²) in [5.74, 6) is 1.84. The van der Waals surface area contributed by atoms with Crippen molar-refractivity contribution in [2.45, 2.75) is 13.0 Å². The summed E-state index contributed by atoms with van der Waals surface area (Å²) < 4.78 is 12.8. The van der Waals surface area contributed by atoms with Gasteiger partial charge in [-0.05, 0) is 12.1 Å². The second-order valence-corrected chi connectivity index (χ2v) is 5.05. The maximum absolute atomic E-state index is 8.67. The van der Waals surface area contributed by atoms with E-state index in [9.17, 15) is 0 Å². The number of nitriles is 1. The molecule has 1 aromatic carbocycles. The predicted octanol–water partition coefficient (Wildman–Crippen LogP) is 1.36. The highest BCUT2D eigenvalue weighted by atomic mass is 127. The first kappa shape index (κ1) is 18.8. The number of ether oxygens (including phenoxy) is 2. The van der Waals surface area contributed by atoms with Crippen molar-refractivity contribution >= 4 is 35.6 Å². The summed E-state index contributed by atoms with van der Waals surface area (Å²) in [6, 6.07) is 7.40. The first-order chi connectivity index (χ1) is 11.7. The lowest BCUT2D eigenvalue weighted by Crippen LogP contribution is -2.23. The van der Waals surface area contributed by atoms with E-state index < -0.39 is 0 Å². The van der Waals surface area contributed by atoms with Gasteiger partial charge in [-0.15, -0.1) is 29.1 Å². The summed E-state index contributed by atoms with van der Waals surface area (Å²) in [7, 11) is 0. The smallest absolute Gasteiger partial charge is 0.252 e. The minimum Gasteiger partial charge on any atom is -0.490 e. The fourth-order valence-corrected chi connectivity index (χ4v) is 2.15. The standard InChI is InChI=1S/C15H17N7O2.HI/c16-9-14-19-10-22(21-14)5-4-18-15(17)20-11-2-3-12-13(8-11)24-7-1-6-23-12;/h2-3,8,10H,1,4-7H2,(H3,17,18,20);1H.